The predicted molar refractivity (Wildman–Crippen MR) is 75.0 cm³/mol. The minimum Gasteiger partial charge on any atom is -0.378 e. The van der Waals surface area contributed by atoms with Gasteiger partial charge in [-0.3, -0.25) is 9.59 Å². The fourth-order valence-electron chi connectivity index (χ4n) is 2.80. The maximum atomic E-state index is 12.5. The lowest BCUT2D eigenvalue weighted by atomic mass is 10.1. The Labute approximate surface area is 120 Å². The summed E-state index contributed by atoms with van der Waals surface area (Å²) in [7, 11) is 0. The number of rotatable bonds is 4. The Hall–Kier alpha value is -1.14. The van der Waals surface area contributed by atoms with Crippen molar-refractivity contribution in [2.24, 2.45) is 5.73 Å². The van der Waals surface area contributed by atoms with Crippen LogP contribution in [-0.2, 0) is 14.3 Å². The molecule has 2 atom stereocenters. The Bertz CT molecular complexity index is 356. The van der Waals surface area contributed by atoms with Crippen molar-refractivity contribution < 1.29 is 14.3 Å². The highest BCUT2D eigenvalue weighted by Gasteiger charge is 2.36. The maximum absolute atomic E-state index is 12.5. The van der Waals surface area contributed by atoms with E-state index in [-0.39, 0.29) is 23.9 Å². The quantitative estimate of drug-likeness (QED) is 0.786. The van der Waals surface area contributed by atoms with E-state index in [1.807, 2.05) is 11.8 Å². The molecule has 2 fully saturated rings. The number of amides is 2. The van der Waals surface area contributed by atoms with E-state index in [0.29, 0.717) is 39.3 Å². The lowest BCUT2D eigenvalue weighted by Gasteiger charge is -2.32. The molecule has 0 bridgehead atoms. The van der Waals surface area contributed by atoms with E-state index in [1.54, 1.807) is 4.90 Å². The third-order valence-electron chi connectivity index (χ3n) is 4.14. The summed E-state index contributed by atoms with van der Waals surface area (Å²) in [6.07, 6.45) is 2.78. The number of carbonyl (C=O) groups excluding carboxylic acids is 2. The third kappa shape index (κ3) is 3.49. The highest BCUT2D eigenvalue weighted by atomic mass is 16.5. The number of hydrogen-bond donors (Lipinski definition) is 1. The van der Waals surface area contributed by atoms with Crippen LogP contribution in [0.15, 0.2) is 0 Å². The number of nitrogens with zero attached hydrogens (tertiary/aromatic N) is 2. The van der Waals surface area contributed by atoms with Gasteiger partial charge in [-0.05, 0) is 19.3 Å². The summed E-state index contributed by atoms with van der Waals surface area (Å²) in [5, 5.41) is 0. The van der Waals surface area contributed by atoms with E-state index >= 15 is 0 Å². The first-order chi connectivity index (χ1) is 9.63. The number of hydrogen-bond acceptors (Lipinski definition) is 4. The topological polar surface area (TPSA) is 75.9 Å². The van der Waals surface area contributed by atoms with Gasteiger partial charge in [-0.15, -0.1) is 0 Å². The van der Waals surface area contributed by atoms with Crippen LogP contribution in [-0.4, -0.2) is 66.5 Å². The van der Waals surface area contributed by atoms with E-state index in [1.165, 1.54) is 0 Å². The fraction of sp³-hybridized carbons (Fsp3) is 0.857. The molecule has 2 N–H and O–H groups in total. The molecule has 2 saturated heterocycles. The van der Waals surface area contributed by atoms with E-state index in [4.69, 9.17) is 10.5 Å². The summed E-state index contributed by atoms with van der Waals surface area (Å²) in [5.74, 6) is 0.0904. The zero-order chi connectivity index (χ0) is 14.5. The predicted octanol–water partition coefficient (Wildman–Crippen LogP) is -0.0364. The molecule has 0 saturated carbocycles. The number of carbonyl (C=O) groups is 2. The van der Waals surface area contributed by atoms with Gasteiger partial charge in [0.2, 0.25) is 11.8 Å². The largest absolute Gasteiger partial charge is 0.378 e. The Morgan fingerprint density at radius 2 is 2.00 bits per heavy atom. The van der Waals surface area contributed by atoms with Crippen LogP contribution in [0.2, 0.25) is 0 Å². The van der Waals surface area contributed by atoms with Gasteiger partial charge in [0.05, 0.1) is 13.2 Å². The van der Waals surface area contributed by atoms with Crippen molar-refractivity contribution in [2.75, 3.05) is 32.8 Å². The Morgan fingerprint density at radius 1 is 1.30 bits per heavy atom. The van der Waals surface area contributed by atoms with Crippen LogP contribution in [0, 0.1) is 0 Å². The summed E-state index contributed by atoms with van der Waals surface area (Å²) in [5.41, 5.74) is 5.85. The molecule has 0 aromatic rings. The molecule has 6 nitrogen and oxygen atoms in total. The summed E-state index contributed by atoms with van der Waals surface area (Å²) >= 11 is 0. The minimum atomic E-state index is -0.287. The van der Waals surface area contributed by atoms with Crippen molar-refractivity contribution in [3.05, 3.63) is 0 Å². The van der Waals surface area contributed by atoms with Gasteiger partial charge in [0.1, 0.15) is 6.04 Å². The molecule has 2 rings (SSSR count). The van der Waals surface area contributed by atoms with Crippen LogP contribution in [0.5, 0.6) is 0 Å². The summed E-state index contributed by atoms with van der Waals surface area (Å²) in [6, 6.07) is -0.396. The zero-order valence-electron chi connectivity index (χ0n) is 12.2. The number of likely N-dealkylation sites (tertiary alicyclic amines) is 1. The molecule has 114 valence electrons. The van der Waals surface area contributed by atoms with Crippen LogP contribution in [0.25, 0.3) is 0 Å². The van der Waals surface area contributed by atoms with Crippen molar-refractivity contribution >= 4 is 11.8 Å². The second kappa shape index (κ2) is 7.04. The van der Waals surface area contributed by atoms with Crippen molar-refractivity contribution in [1.82, 2.24) is 9.80 Å². The molecule has 20 heavy (non-hydrogen) atoms. The molecular formula is C14H25N3O3. The van der Waals surface area contributed by atoms with Gasteiger partial charge in [-0.1, -0.05) is 6.92 Å². The molecule has 2 heterocycles. The average Bonchev–Trinajstić information content (AvgIpc) is 2.96. The van der Waals surface area contributed by atoms with Crippen LogP contribution < -0.4 is 5.73 Å². The van der Waals surface area contributed by atoms with Crippen LogP contribution >= 0.6 is 0 Å². The van der Waals surface area contributed by atoms with Crippen LogP contribution in [0.1, 0.15) is 32.6 Å². The summed E-state index contributed by atoms with van der Waals surface area (Å²) in [6.45, 7) is 5.09. The lowest BCUT2D eigenvalue weighted by molar-refractivity contribution is -0.146. The number of morpholine rings is 1. The van der Waals surface area contributed by atoms with Crippen molar-refractivity contribution in [2.45, 2.75) is 44.7 Å². The molecule has 6 heteroatoms. The highest BCUT2D eigenvalue weighted by Crippen LogP contribution is 2.21. The normalized spacial score (nSPS) is 24.8. The molecule has 0 aliphatic carbocycles. The second-order valence-corrected chi connectivity index (χ2v) is 5.56. The monoisotopic (exact) mass is 283 g/mol. The molecule has 2 unspecified atom stereocenters. The number of nitrogens with two attached hydrogens (primary N) is 1. The first kappa shape index (κ1) is 15.3. The first-order valence-electron chi connectivity index (χ1n) is 7.55. The van der Waals surface area contributed by atoms with Gasteiger partial charge >= 0.3 is 0 Å². The molecule has 0 aromatic heterocycles. The molecule has 2 amide bonds. The Kier molecular flexibility index (Phi) is 5.37. The standard InChI is InChI=1S/C14H25N3O3/c1-2-11(15)10-13(18)17-5-3-4-12(17)14(19)16-6-8-20-9-7-16/h11-12H,2-10,15H2,1H3. The van der Waals surface area contributed by atoms with Gasteiger partial charge in [-0.25, -0.2) is 0 Å². The SMILES string of the molecule is CCC(N)CC(=O)N1CCCC1C(=O)N1CCOCC1. The van der Waals surface area contributed by atoms with Crippen molar-refractivity contribution in [3.63, 3.8) is 0 Å². The van der Waals surface area contributed by atoms with Crippen molar-refractivity contribution in [3.8, 4) is 0 Å². The molecule has 0 radical (unpaired) electrons. The van der Waals surface area contributed by atoms with Crippen LogP contribution in [0.4, 0.5) is 0 Å². The van der Waals surface area contributed by atoms with E-state index in [0.717, 1.165) is 19.3 Å². The Morgan fingerprint density at radius 3 is 2.65 bits per heavy atom. The first-order valence-corrected chi connectivity index (χ1v) is 7.55. The highest BCUT2D eigenvalue weighted by molar-refractivity contribution is 5.88. The Balaban J connectivity index is 1.95. The van der Waals surface area contributed by atoms with Gasteiger partial charge in [0.25, 0.3) is 0 Å². The van der Waals surface area contributed by atoms with E-state index in [9.17, 15) is 9.59 Å². The molecule has 0 spiro atoms. The smallest absolute Gasteiger partial charge is 0.245 e. The molecular weight excluding hydrogens is 258 g/mol. The summed E-state index contributed by atoms with van der Waals surface area (Å²) < 4.78 is 5.26. The number of ether oxygens (including phenoxy) is 1. The third-order valence-corrected chi connectivity index (χ3v) is 4.14. The van der Waals surface area contributed by atoms with Gasteiger partial charge in [0.15, 0.2) is 0 Å². The minimum absolute atomic E-state index is 0.0171. The van der Waals surface area contributed by atoms with Crippen LogP contribution in [0.3, 0.4) is 0 Å². The summed E-state index contributed by atoms with van der Waals surface area (Å²) in [4.78, 5) is 28.3. The fourth-order valence-corrected chi connectivity index (χ4v) is 2.80. The molecule has 0 aromatic carbocycles. The van der Waals surface area contributed by atoms with Gasteiger partial charge in [-0.2, -0.15) is 0 Å². The van der Waals surface area contributed by atoms with E-state index < -0.39 is 0 Å². The van der Waals surface area contributed by atoms with Gasteiger partial charge in [0, 0.05) is 32.1 Å². The second-order valence-electron chi connectivity index (χ2n) is 5.56. The average molecular weight is 283 g/mol. The van der Waals surface area contributed by atoms with Crippen molar-refractivity contribution in [1.29, 1.82) is 0 Å². The maximum Gasteiger partial charge on any atom is 0.245 e. The molecule has 2 aliphatic rings. The zero-order valence-corrected chi connectivity index (χ0v) is 12.2. The lowest BCUT2D eigenvalue weighted by Crippen LogP contribution is -2.51. The van der Waals surface area contributed by atoms with Gasteiger partial charge < -0.3 is 20.3 Å². The molecule has 2 aliphatic heterocycles. The van der Waals surface area contributed by atoms with E-state index in [2.05, 4.69) is 0 Å².